The maximum atomic E-state index is 13.3. The number of carbonyl (C=O) groups is 1. The highest BCUT2D eigenvalue weighted by molar-refractivity contribution is 9.10. The Labute approximate surface area is 717 Å². The minimum atomic E-state index is -4.12. The second kappa shape index (κ2) is 39.3. The molecule has 15 rings (SSSR count). The third kappa shape index (κ3) is 22.7. The van der Waals surface area contributed by atoms with Gasteiger partial charge >= 0.3 is 0 Å². The molecule has 620 valence electrons. The van der Waals surface area contributed by atoms with Gasteiger partial charge in [0.25, 0.3) is 56.6 Å². The Bertz CT molecular complexity index is 7210. The molecule has 122 heavy (non-hydrogen) atoms. The molecule has 0 saturated carbocycles. The summed E-state index contributed by atoms with van der Waals surface area (Å²) in [4.78, 5) is 10.4. The summed E-state index contributed by atoms with van der Waals surface area (Å²) < 4.78 is 175. The minimum Gasteiger partial charge on any atom is -0.429 e. The first kappa shape index (κ1) is 90.2. The van der Waals surface area contributed by atoms with Crippen LogP contribution in [0.15, 0.2) is 348 Å². The van der Waals surface area contributed by atoms with Crippen LogP contribution in [0.25, 0.3) is 53.9 Å². The summed E-state index contributed by atoms with van der Waals surface area (Å²) in [5.41, 5.74) is 10.3. The molecular formula is C96H82BrF2N5O13S5. The molecule has 0 fully saturated rings. The molecule has 0 aromatic heterocycles. The number of hydrogen-bond donors (Lipinski definition) is 1. The van der Waals surface area contributed by atoms with E-state index < -0.39 is 66.6 Å². The van der Waals surface area contributed by atoms with Gasteiger partial charge in [0.05, 0.1) is 31.1 Å². The average Bonchev–Trinajstić information content (AvgIpc) is 0.795. The normalized spacial score (nSPS) is 12.2. The Morgan fingerprint density at radius 1 is 0.328 bits per heavy atom. The second-order valence-electron chi connectivity index (χ2n) is 28.9. The first-order valence-corrected chi connectivity index (χ1v) is 45.7. The van der Waals surface area contributed by atoms with Crippen LogP contribution in [0.5, 0.6) is 5.75 Å². The van der Waals surface area contributed by atoms with Crippen molar-refractivity contribution in [1.82, 2.24) is 0 Å². The maximum Gasteiger partial charge on any atom is 0.298 e. The number of rotatable bonds is 18. The predicted octanol–water partition coefficient (Wildman–Crippen LogP) is 21.1. The van der Waals surface area contributed by atoms with Crippen LogP contribution in [0.3, 0.4) is 0 Å². The highest BCUT2D eigenvalue weighted by Gasteiger charge is 2.21. The second-order valence-corrected chi connectivity index (χ2v) is 38.0. The highest BCUT2D eigenvalue weighted by Crippen LogP contribution is 2.31. The fraction of sp³-hybridized carbons (Fsp3) is 0.104. The van der Waals surface area contributed by atoms with Gasteiger partial charge in [-0.25, -0.2) is 8.78 Å². The molecule has 15 aromatic rings. The molecule has 18 nitrogen and oxygen atoms in total. The SMILES string of the molecule is Cc1ccc2ccccc2c1C=NS(=O)(=O)c1ccc(C(C)(C)C)cc1.Cc1ccc2ccccc2c1C=NS(=O)(=O)c1ccc(CO)cc1.Cc1ccc2ccccc2c1C=NS(=O)(=O)c1ccc(F)c(F)c1.Cc1ccc2ccccc2c1C=NS(=O)(=O)c1ccc(OC=O)cc1.Cc1ccc2ccccc2c1C=NS(=O)(=O)c1cccc(Br)c1. The van der Waals surface area contributed by atoms with Crippen LogP contribution in [-0.2, 0) is 66.9 Å². The number of aliphatic hydroxyl groups excluding tert-OH is 1. The van der Waals surface area contributed by atoms with E-state index in [4.69, 9.17) is 5.11 Å². The lowest BCUT2D eigenvalue weighted by Gasteiger charge is -2.18. The number of hydrogen-bond acceptors (Lipinski definition) is 13. The van der Waals surface area contributed by atoms with E-state index in [1.54, 1.807) is 42.5 Å². The van der Waals surface area contributed by atoms with E-state index in [0.717, 1.165) is 122 Å². The van der Waals surface area contributed by atoms with Crippen LogP contribution >= 0.6 is 15.9 Å². The minimum absolute atomic E-state index is 0.0222. The summed E-state index contributed by atoms with van der Waals surface area (Å²) in [7, 11) is -19.2. The molecule has 0 aliphatic carbocycles. The number of carbonyl (C=O) groups excluding carboxylic acids is 1. The lowest BCUT2D eigenvalue weighted by molar-refractivity contribution is -0.120. The Balaban J connectivity index is 0.000000149. The number of ether oxygens (including phenoxy) is 1. The largest absolute Gasteiger partial charge is 0.429 e. The lowest BCUT2D eigenvalue weighted by atomic mass is 9.87. The molecule has 0 radical (unpaired) electrons. The molecule has 0 atom stereocenters. The molecular weight excluding hydrogens is 1710 g/mol. The predicted molar refractivity (Wildman–Crippen MR) is 488 cm³/mol. The van der Waals surface area contributed by atoms with Gasteiger partial charge in [-0.3, -0.25) is 4.79 Å². The third-order valence-electron chi connectivity index (χ3n) is 19.6. The number of sulfonamides is 5. The zero-order chi connectivity index (χ0) is 87.7. The fourth-order valence-electron chi connectivity index (χ4n) is 12.7. The van der Waals surface area contributed by atoms with Crippen LogP contribution in [0.4, 0.5) is 8.78 Å². The third-order valence-corrected chi connectivity index (χ3v) is 26.3. The van der Waals surface area contributed by atoms with Gasteiger partial charge in [0.2, 0.25) is 0 Å². The molecule has 0 heterocycles. The van der Waals surface area contributed by atoms with Gasteiger partial charge < -0.3 is 9.84 Å². The van der Waals surface area contributed by atoms with Crippen molar-refractivity contribution in [3.8, 4) is 5.75 Å². The van der Waals surface area contributed by atoms with Crippen molar-refractivity contribution < 1.29 is 65.5 Å². The highest BCUT2D eigenvalue weighted by atomic mass is 79.9. The number of benzene rings is 15. The molecule has 15 aromatic carbocycles. The Morgan fingerprint density at radius 2 is 0.607 bits per heavy atom. The molecule has 0 bridgehead atoms. The van der Waals surface area contributed by atoms with Gasteiger partial charge in [-0.1, -0.05) is 249 Å². The van der Waals surface area contributed by atoms with Gasteiger partial charge in [0.1, 0.15) is 5.75 Å². The van der Waals surface area contributed by atoms with E-state index in [2.05, 4.69) is 63.4 Å². The first-order valence-electron chi connectivity index (χ1n) is 37.7. The Hall–Kier alpha value is -12.5. The van der Waals surface area contributed by atoms with Gasteiger partial charge in [0.15, 0.2) is 11.6 Å². The van der Waals surface area contributed by atoms with Crippen LogP contribution in [0.2, 0.25) is 0 Å². The summed E-state index contributed by atoms with van der Waals surface area (Å²) >= 11 is 3.28. The van der Waals surface area contributed by atoms with Crippen LogP contribution in [-0.4, -0.2) is 84.7 Å². The number of fused-ring (bicyclic) bond motifs is 5. The molecule has 0 amide bonds. The summed E-state index contributed by atoms with van der Waals surface area (Å²) in [5, 5.41) is 18.9. The molecule has 1 N–H and O–H groups in total. The van der Waals surface area contributed by atoms with Gasteiger partial charge in [-0.05, 0) is 218 Å². The summed E-state index contributed by atoms with van der Waals surface area (Å²) in [5.74, 6) is -2.07. The van der Waals surface area contributed by atoms with Crippen molar-refractivity contribution in [2.75, 3.05) is 0 Å². The van der Waals surface area contributed by atoms with E-state index in [1.165, 1.54) is 73.5 Å². The molecule has 0 saturated heterocycles. The van der Waals surface area contributed by atoms with Crippen molar-refractivity contribution in [3.63, 3.8) is 0 Å². The zero-order valence-electron chi connectivity index (χ0n) is 67.2. The summed E-state index contributed by atoms with van der Waals surface area (Å²) in [6.45, 7) is 16.0. The standard InChI is InChI=1S/C22H23NO2S.C19H15NO4S.C19H17NO3S.C18H14BrNO2S.C18H13F2NO2S/c1-16-9-10-17-7-5-6-8-20(17)21(16)15-23-26(24,25)19-13-11-18(12-14-19)22(2,3)4;1-14-6-7-15-4-2-3-5-18(15)19(14)12-20-25(22,23)17-10-8-16(9-11-17)24-13-21;1-14-6-9-16-4-2-3-5-18(16)19(14)12-20-24(22,23)17-10-7-15(13-21)8-11-17;1-13-9-10-14-5-2-3-8-17(14)18(13)12-20-23(21,22)16-7-4-6-15(19)11-16;1-12-6-7-13-4-2-3-5-15(13)16(12)11-21-24(22,23)14-8-9-17(19)18(20)10-14/h5-15H,1-4H3;2-13H,1H3;2-12,21H,13H2,1H3;2-12H,1H3;2-11H,1H3. The van der Waals surface area contributed by atoms with Crippen molar-refractivity contribution in [1.29, 1.82) is 0 Å². The quantitative estimate of drug-likeness (QED) is 0.0618. The first-order chi connectivity index (χ1) is 58.1. The smallest absolute Gasteiger partial charge is 0.298 e. The molecule has 0 spiro atoms. The van der Waals surface area contributed by atoms with Gasteiger partial charge in [-0.15, -0.1) is 0 Å². The van der Waals surface area contributed by atoms with Crippen LogP contribution < -0.4 is 4.74 Å². The summed E-state index contributed by atoms with van der Waals surface area (Å²) in [6.07, 6.45) is 6.93. The van der Waals surface area contributed by atoms with E-state index >= 15 is 0 Å². The number of halogens is 3. The topological polar surface area (TPSA) is 279 Å². The molecule has 0 unspecified atom stereocenters. The van der Waals surface area contributed by atoms with Crippen LogP contribution in [0, 0.1) is 46.3 Å². The van der Waals surface area contributed by atoms with Crippen LogP contribution in [0.1, 0.15) is 87.5 Å². The van der Waals surface area contributed by atoms with E-state index in [-0.39, 0.29) is 43.8 Å². The zero-order valence-corrected chi connectivity index (χ0v) is 72.9. The van der Waals surface area contributed by atoms with E-state index in [9.17, 15) is 55.7 Å². The average molecular weight is 1790 g/mol. The number of aliphatic hydroxyl groups is 1. The Morgan fingerprint density at radius 3 is 0.893 bits per heavy atom. The summed E-state index contributed by atoms with van der Waals surface area (Å²) in [6, 6.07) is 85.9. The van der Waals surface area contributed by atoms with Crippen molar-refractivity contribution >= 4 is 157 Å². The van der Waals surface area contributed by atoms with E-state index in [0.29, 0.717) is 21.7 Å². The monoisotopic (exact) mass is 1790 g/mol. The maximum absolute atomic E-state index is 13.3. The van der Waals surface area contributed by atoms with Crippen molar-refractivity contribution in [2.45, 2.75) is 91.9 Å². The van der Waals surface area contributed by atoms with Crippen molar-refractivity contribution in [3.05, 3.63) is 380 Å². The number of nitrogens with zero attached hydrogens (tertiary/aromatic N) is 5. The molecule has 26 heteroatoms. The van der Waals surface area contributed by atoms with Crippen molar-refractivity contribution in [2.24, 2.45) is 22.0 Å². The van der Waals surface area contributed by atoms with E-state index in [1.807, 2.05) is 229 Å². The molecule has 0 aliphatic rings. The van der Waals surface area contributed by atoms with Gasteiger partial charge in [0, 0.05) is 63.4 Å². The lowest BCUT2D eigenvalue weighted by Crippen LogP contribution is -2.11. The number of aryl methyl sites for hydroxylation is 5. The Kier molecular flexibility index (Phi) is 29.1. The fourth-order valence-corrected chi connectivity index (χ4v) is 17.5. The molecule has 0 aliphatic heterocycles. The van der Waals surface area contributed by atoms with Gasteiger partial charge in [-0.2, -0.15) is 64.1 Å².